The molecule has 0 spiro atoms. The van der Waals surface area contributed by atoms with Crippen molar-refractivity contribution in [3.63, 3.8) is 0 Å². The van der Waals surface area contributed by atoms with Crippen molar-refractivity contribution in [2.75, 3.05) is 19.5 Å². The van der Waals surface area contributed by atoms with E-state index < -0.39 is 0 Å². The maximum atomic E-state index is 13.2. The van der Waals surface area contributed by atoms with Gasteiger partial charge in [-0.05, 0) is 51.1 Å². The predicted molar refractivity (Wildman–Crippen MR) is 129 cm³/mol. The van der Waals surface area contributed by atoms with Gasteiger partial charge in [-0.3, -0.25) is 14.2 Å². The molecule has 0 amide bonds. The predicted octanol–water partition coefficient (Wildman–Crippen LogP) is 4.64. The lowest BCUT2D eigenvalue weighted by molar-refractivity contribution is 0.102. The summed E-state index contributed by atoms with van der Waals surface area (Å²) in [6.45, 7) is 6.78. The van der Waals surface area contributed by atoms with Gasteiger partial charge in [-0.25, -0.2) is 4.98 Å². The summed E-state index contributed by atoms with van der Waals surface area (Å²) >= 11 is 1.28. The van der Waals surface area contributed by atoms with Crippen LogP contribution in [0.3, 0.4) is 0 Å². The molecule has 1 aromatic carbocycles. The molecule has 3 aromatic heterocycles. The molecule has 0 N–H and O–H groups in total. The molecule has 7 nitrogen and oxygen atoms in total. The van der Waals surface area contributed by atoms with Gasteiger partial charge in [-0.2, -0.15) is 0 Å². The van der Waals surface area contributed by atoms with Crippen LogP contribution in [0, 0.1) is 13.8 Å². The van der Waals surface area contributed by atoms with E-state index >= 15 is 0 Å². The lowest BCUT2D eigenvalue weighted by Gasteiger charge is -2.18. The van der Waals surface area contributed by atoms with Crippen LogP contribution in [0.5, 0.6) is 0 Å². The first-order valence-electron chi connectivity index (χ1n) is 10.8. The molecule has 0 aliphatic carbocycles. The number of rotatable bonds is 9. The summed E-state index contributed by atoms with van der Waals surface area (Å²) in [5, 5.41) is 1.07. The summed E-state index contributed by atoms with van der Waals surface area (Å²) in [4.78, 5) is 31.1. The minimum Gasteiger partial charge on any atom is -0.467 e. The Kier molecular flexibility index (Phi) is 6.85. The molecule has 0 aliphatic rings. The van der Waals surface area contributed by atoms with E-state index in [-0.39, 0.29) is 23.1 Å². The lowest BCUT2D eigenvalue weighted by Crippen LogP contribution is -2.28. The molecule has 33 heavy (non-hydrogen) atoms. The fraction of sp³-hybridized carbons (Fsp3) is 0.320. The normalized spacial score (nSPS) is 12.4. The Hall–Kier alpha value is -3.10. The molecule has 1 atom stereocenters. The van der Waals surface area contributed by atoms with E-state index in [2.05, 4.69) is 4.57 Å². The average molecular weight is 466 g/mol. The number of carbonyl (C=O) groups is 1. The molecule has 0 radical (unpaired) electrons. The third kappa shape index (κ3) is 4.67. The number of carbonyl (C=O) groups excluding carboxylic acids is 1. The Balaban J connectivity index is 1.61. The van der Waals surface area contributed by atoms with E-state index in [1.165, 1.54) is 11.8 Å². The van der Waals surface area contributed by atoms with Crippen LogP contribution in [0.15, 0.2) is 63.1 Å². The first-order valence-corrected chi connectivity index (χ1v) is 11.7. The van der Waals surface area contributed by atoms with Gasteiger partial charge in [0, 0.05) is 24.1 Å². The Morgan fingerprint density at radius 3 is 2.73 bits per heavy atom. The van der Waals surface area contributed by atoms with Crippen LogP contribution in [0.4, 0.5) is 0 Å². The van der Waals surface area contributed by atoms with Gasteiger partial charge in [0.25, 0.3) is 5.56 Å². The zero-order valence-corrected chi connectivity index (χ0v) is 20.0. The standard InChI is InChI=1S/C25H27N3O4S/c1-16-12-21(18(3)27(16)13-19-8-7-11-32-19)23(29)15-33-25-26-22-10-6-5-9-20(22)24(30)28(25)17(2)14-31-4/h5-12,17H,13-15H2,1-4H3/t17-/m1/s1. The van der Waals surface area contributed by atoms with E-state index in [4.69, 9.17) is 14.1 Å². The summed E-state index contributed by atoms with van der Waals surface area (Å²) in [6.07, 6.45) is 1.65. The topological polar surface area (TPSA) is 79.3 Å². The van der Waals surface area contributed by atoms with Crippen LogP contribution in [0.2, 0.25) is 0 Å². The average Bonchev–Trinajstić information content (AvgIpc) is 3.41. The van der Waals surface area contributed by atoms with Crippen LogP contribution in [0.1, 0.15) is 40.5 Å². The fourth-order valence-corrected chi connectivity index (χ4v) is 5.01. The molecule has 0 saturated carbocycles. The summed E-state index contributed by atoms with van der Waals surface area (Å²) < 4.78 is 14.4. The number of hydrogen-bond acceptors (Lipinski definition) is 6. The highest BCUT2D eigenvalue weighted by Gasteiger charge is 2.20. The maximum Gasteiger partial charge on any atom is 0.262 e. The second-order valence-electron chi connectivity index (χ2n) is 8.05. The molecule has 3 heterocycles. The van der Waals surface area contributed by atoms with Crippen LogP contribution in [-0.4, -0.2) is 39.4 Å². The minimum absolute atomic E-state index is 0.00727. The van der Waals surface area contributed by atoms with Crippen LogP contribution < -0.4 is 5.56 Å². The van der Waals surface area contributed by atoms with Gasteiger partial charge >= 0.3 is 0 Å². The summed E-state index contributed by atoms with van der Waals surface area (Å²) in [6, 6.07) is 12.7. The molecule has 0 fully saturated rings. The number of fused-ring (bicyclic) bond motifs is 1. The zero-order chi connectivity index (χ0) is 23.5. The lowest BCUT2D eigenvalue weighted by atomic mass is 10.2. The minimum atomic E-state index is -0.212. The molecule has 8 heteroatoms. The quantitative estimate of drug-likeness (QED) is 0.204. The van der Waals surface area contributed by atoms with Gasteiger partial charge in [0.05, 0.1) is 42.1 Å². The Bertz CT molecular complexity index is 1340. The van der Waals surface area contributed by atoms with Crippen molar-refractivity contribution in [2.45, 2.75) is 38.5 Å². The maximum absolute atomic E-state index is 13.2. The van der Waals surface area contributed by atoms with Gasteiger partial charge in [-0.1, -0.05) is 23.9 Å². The number of hydrogen-bond donors (Lipinski definition) is 0. The Morgan fingerprint density at radius 2 is 2.00 bits per heavy atom. The van der Waals surface area contributed by atoms with E-state index in [0.717, 1.165) is 17.1 Å². The van der Waals surface area contributed by atoms with Crippen molar-refractivity contribution in [2.24, 2.45) is 0 Å². The van der Waals surface area contributed by atoms with Crippen molar-refractivity contribution in [3.05, 3.63) is 81.8 Å². The smallest absolute Gasteiger partial charge is 0.262 e. The van der Waals surface area contributed by atoms with Gasteiger partial charge in [0.1, 0.15) is 5.76 Å². The number of thioether (sulfide) groups is 1. The van der Waals surface area contributed by atoms with Crippen LogP contribution >= 0.6 is 11.8 Å². The number of para-hydroxylation sites is 1. The molecule has 4 rings (SSSR count). The molecule has 0 bridgehead atoms. The van der Waals surface area contributed by atoms with Crippen molar-refractivity contribution in [3.8, 4) is 0 Å². The number of methoxy groups -OCH3 is 1. The van der Waals surface area contributed by atoms with E-state index in [1.807, 2.05) is 57.2 Å². The summed E-state index contributed by atoms with van der Waals surface area (Å²) in [7, 11) is 1.60. The number of Topliss-reactive ketones (excluding diaryl/α,β-unsaturated/α-hetero) is 1. The van der Waals surface area contributed by atoms with Crippen LogP contribution in [0.25, 0.3) is 10.9 Å². The third-order valence-electron chi connectivity index (χ3n) is 5.72. The number of aryl methyl sites for hydroxylation is 1. The number of aromatic nitrogens is 3. The van der Waals surface area contributed by atoms with E-state index in [9.17, 15) is 9.59 Å². The molecule has 4 aromatic rings. The number of ether oxygens (including phenoxy) is 1. The number of ketones is 1. The fourth-order valence-electron chi connectivity index (χ4n) is 4.02. The van der Waals surface area contributed by atoms with Crippen molar-refractivity contribution in [1.82, 2.24) is 14.1 Å². The van der Waals surface area contributed by atoms with E-state index in [0.29, 0.717) is 34.8 Å². The van der Waals surface area contributed by atoms with Gasteiger partial charge in [-0.15, -0.1) is 0 Å². The number of benzene rings is 1. The first kappa shape index (κ1) is 23.1. The SMILES string of the molecule is COC[C@@H](C)n1c(SCC(=O)c2cc(C)n(Cc3ccco3)c2C)nc2ccccc2c1=O. The zero-order valence-electron chi connectivity index (χ0n) is 19.2. The van der Waals surface area contributed by atoms with Crippen LogP contribution in [-0.2, 0) is 11.3 Å². The second-order valence-corrected chi connectivity index (χ2v) is 9.00. The third-order valence-corrected chi connectivity index (χ3v) is 6.68. The molecule has 172 valence electrons. The van der Waals surface area contributed by atoms with Crippen molar-refractivity contribution in [1.29, 1.82) is 0 Å². The van der Waals surface area contributed by atoms with Gasteiger partial charge < -0.3 is 13.7 Å². The molecule has 0 unspecified atom stereocenters. The molecular formula is C25H27N3O4S. The highest BCUT2D eigenvalue weighted by molar-refractivity contribution is 7.99. The molecular weight excluding hydrogens is 438 g/mol. The highest BCUT2D eigenvalue weighted by Crippen LogP contribution is 2.24. The largest absolute Gasteiger partial charge is 0.467 e. The summed E-state index contributed by atoms with van der Waals surface area (Å²) in [5.74, 6) is 1.00. The second kappa shape index (κ2) is 9.80. The summed E-state index contributed by atoms with van der Waals surface area (Å²) in [5.41, 5.74) is 3.05. The highest BCUT2D eigenvalue weighted by atomic mass is 32.2. The Morgan fingerprint density at radius 1 is 1.21 bits per heavy atom. The first-order chi connectivity index (χ1) is 15.9. The Labute approximate surface area is 196 Å². The molecule has 0 aliphatic heterocycles. The van der Waals surface area contributed by atoms with Crippen molar-refractivity contribution < 1.29 is 13.9 Å². The van der Waals surface area contributed by atoms with Gasteiger partial charge in [0.15, 0.2) is 10.9 Å². The number of nitrogens with zero attached hydrogens (tertiary/aromatic N) is 3. The van der Waals surface area contributed by atoms with Gasteiger partial charge in [0.2, 0.25) is 0 Å². The molecule has 0 saturated heterocycles. The van der Waals surface area contributed by atoms with E-state index in [1.54, 1.807) is 24.0 Å². The number of furan rings is 1. The van der Waals surface area contributed by atoms with Crippen molar-refractivity contribution >= 4 is 28.4 Å². The monoisotopic (exact) mass is 465 g/mol.